The second-order valence-corrected chi connectivity index (χ2v) is 5.38. The van der Waals surface area contributed by atoms with Gasteiger partial charge >= 0.3 is 0 Å². The molecule has 0 heterocycles. The largest absolute Gasteiger partial charge is 0.493 e. The lowest BCUT2D eigenvalue weighted by Gasteiger charge is -2.26. The fourth-order valence-electron chi connectivity index (χ4n) is 2.26. The Bertz CT molecular complexity index is 482. The predicted octanol–water partition coefficient (Wildman–Crippen LogP) is 3.41. The standard InChI is InChI=1S/C16H21FN2O/c1-2-16(12-18,19-14-7-8-14)9-4-10-20-15-6-3-5-13(17)11-15/h3,5-6,11,14,19H,2,4,7-10H2,1H3. The molecule has 1 saturated carbocycles. The molecule has 0 amide bonds. The van der Waals surface area contributed by atoms with Crippen LogP contribution in [0.25, 0.3) is 0 Å². The van der Waals surface area contributed by atoms with E-state index in [0.717, 1.165) is 19.3 Å². The van der Waals surface area contributed by atoms with E-state index in [1.807, 2.05) is 6.92 Å². The van der Waals surface area contributed by atoms with E-state index in [2.05, 4.69) is 11.4 Å². The minimum atomic E-state index is -0.438. The average Bonchev–Trinajstić information content (AvgIpc) is 3.26. The van der Waals surface area contributed by atoms with Gasteiger partial charge in [-0.3, -0.25) is 5.32 Å². The Hall–Kier alpha value is -1.60. The quantitative estimate of drug-likeness (QED) is 0.740. The zero-order valence-corrected chi connectivity index (χ0v) is 11.9. The maximum absolute atomic E-state index is 13.0. The van der Waals surface area contributed by atoms with E-state index in [9.17, 15) is 9.65 Å². The highest BCUT2D eigenvalue weighted by atomic mass is 19.1. The molecule has 1 N–H and O–H groups in total. The van der Waals surface area contributed by atoms with Gasteiger partial charge in [-0.15, -0.1) is 0 Å². The Morgan fingerprint density at radius 1 is 1.50 bits per heavy atom. The van der Waals surface area contributed by atoms with Crippen molar-refractivity contribution in [2.24, 2.45) is 0 Å². The van der Waals surface area contributed by atoms with Gasteiger partial charge in [0.15, 0.2) is 0 Å². The highest BCUT2D eigenvalue weighted by Crippen LogP contribution is 2.26. The average molecular weight is 276 g/mol. The molecule has 20 heavy (non-hydrogen) atoms. The minimum Gasteiger partial charge on any atom is -0.493 e. The summed E-state index contributed by atoms with van der Waals surface area (Å²) in [6, 6.07) is 9.07. The van der Waals surface area contributed by atoms with Gasteiger partial charge < -0.3 is 4.74 Å². The Morgan fingerprint density at radius 3 is 2.90 bits per heavy atom. The lowest BCUT2D eigenvalue weighted by molar-refractivity contribution is 0.274. The van der Waals surface area contributed by atoms with Crippen LogP contribution in [0.4, 0.5) is 4.39 Å². The van der Waals surface area contributed by atoms with Crippen LogP contribution < -0.4 is 10.1 Å². The molecule has 0 bridgehead atoms. The molecule has 1 aromatic carbocycles. The van der Waals surface area contributed by atoms with Crippen molar-refractivity contribution in [2.45, 2.75) is 50.6 Å². The van der Waals surface area contributed by atoms with Crippen LogP contribution in [0, 0.1) is 17.1 Å². The first-order valence-corrected chi connectivity index (χ1v) is 7.25. The normalized spacial score (nSPS) is 17.2. The molecule has 108 valence electrons. The first kappa shape index (κ1) is 14.8. The molecule has 1 aliphatic carbocycles. The molecule has 1 unspecified atom stereocenters. The van der Waals surface area contributed by atoms with Gasteiger partial charge in [0.25, 0.3) is 0 Å². The van der Waals surface area contributed by atoms with Gasteiger partial charge in [-0.2, -0.15) is 5.26 Å². The van der Waals surface area contributed by atoms with E-state index in [0.29, 0.717) is 18.4 Å². The van der Waals surface area contributed by atoms with Crippen molar-refractivity contribution in [1.82, 2.24) is 5.32 Å². The zero-order valence-electron chi connectivity index (χ0n) is 11.9. The van der Waals surface area contributed by atoms with Crippen LogP contribution in [0.3, 0.4) is 0 Å². The smallest absolute Gasteiger partial charge is 0.126 e. The highest BCUT2D eigenvalue weighted by Gasteiger charge is 2.34. The van der Waals surface area contributed by atoms with Crippen LogP contribution in [0.15, 0.2) is 24.3 Å². The van der Waals surface area contributed by atoms with Crippen molar-refractivity contribution in [3.8, 4) is 11.8 Å². The van der Waals surface area contributed by atoms with Gasteiger partial charge in [0.2, 0.25) is 0 Å². The summed E-state index contributed by atoms with van der Waals surface area (Å²) in [4.78, 5) is 0. The SMILES string of the molecule is CCC(C#N)(CCCOc1cccc(F)c1)NC1CC1. The molecule has 1 aliphatic rings. The number of ether oxygens (including phenoxy) is 1. The second kappa shape index (κ2) is 6.71. The third-order valence-corrected chi connectivity index (χ3v) is 3.69. The first-order valence-electron chi connectivity index (χ1n) is 7.25. The number of nitrogens with one attached hydrogen (secondary N) is 1. The van der Waals surface area contributed by atoms with Gasteiger partial charge in [0.05, 0.1) is 12.7 Å². The van der Waals surface area contributed by atoms with E-state index in [4.69, 9.17) is 4.74 Å². The summed E-state index contributed by atoms with van der Waals surface area (Å²) in [6.07, 6.45) is 4.66. The van der Waals surface area contributed by atoms with Crippen molar-refractivity contribution >= 4 is 0 Å². The number of benzene rings is 1. The predicted molar refractivity (Wildman–Crippen MR) is 75.9 cm³/mol. The van der Waals surface area contributed by atoms with Gasteiger partial charge in [0, 0.05) is 12.1 Å². The molecule has 4 heteroatoms. The Morgan fingerprint density at radius 2 is 2.30 bits per heavy atom. The van der Waals surface area contributed by atoms with Crippen LogP contribution in [0.1, 0.15) is 39.0 Å². The molecule has 0 radical (unpaired) electrons. The van der Waals surface area contributed by atoms with E-state index in [-0.39, 0.29) is 5.82 Å². The molecular weight excluding hydrogens is 255 g/mol. The molecular formula is C16H21FN2O. The monoisotopic (exact) mass is 276 g/mol. The summed E-state index contributed by atoms with van der Waals surface area (Å²) in [5.41, 5.74) is -0.438. The summed E-state index contributed by atoms with van der Waals surface area (Å²) >= 11 is 0. The van der Waals surface area contributed by atoms with Crippen LogP contribution >= 0.6 is 0 Å². The van der Waals surface area contributed by atoms with Gasteiger partial charge in [-0.25, -0.2) is 4.39 Å². The lowest BCUT2D eigenvalue weighted by atomic mass is 9.92. The number of hydrogen-bond donors (Lipinski definition) is 1. The van der Waals surface area contributed by atoms with Gasteiger partial charge in [0.1, 0.15) is 17.1 Å². The summed E-state index contributed by atoms with van der Waals surface area (Å²) in [5, 5.41) is 12.8. The number of hydrogen-bond acceptors (Lipinski definition) is 3. The number of halogens is 1. The summed E-state index contributed by atoms with van der Waals surface area (Å²) in [5.74, 6) is 0.247. The molecule has 0 saturated heterocycles. The van der Waals surface area contributed by atoms with Crippen LogP contribution in [0.2, 0.25) is 0 Å². The summed E-state index contributed by atoms with van der Waals surface area (Å²) in [7, 11) is 0. The molecule has 1 fully saturated rings. The van der Waals surface area contributed by atoms with Crippen LogP contribution in [-0.2, 0) is 0 Å². The fraction of sp³-hybridized carbons (Fsp3) is 0.562. The first-order chi connectivity index (χ1) is 9.67. The maximum atomic E-state index is 13.0. The fourth-order valence-corrected chi connectivity index (χ4v) is 2.26. The van der Waals surface area contributed by atoms with E-state index < -0.39 is 5.54 Å². The summed E-state index contributed by atoms with van der Waals surface area (Å²) in [6.45, 7) is 2.53. The van der Waals surface area contributed by atoms with E-state index >= 15 is 0 Å². The topological polar surface area (TPSA) is 45.0 Å². The molecule has 3 nitrogen and oxygen atoms in total. The molecule has 0 aromatic heterocycles. The van der Waals surface area contributed by atoms with Crippen molar-refractivity contribution in [1.29, 1.82) is 5.26 Å². The number of rotatable bonds is 8. The maximum Gasteiger partial charge on any atom is 0.126 e. The Balaban J connectivity index is 1.77. The van der Waals surface area contributed by atoms with Crippen molar-refractivity contribution in [3.63, 3.8) is 0 Å². The van der Waals surface area contributed by atoms with Crippen molar-refractivity contribution < 1.29 is 9.13 Å². The Kier molecular flexibility index (Phi) is 4.97. The van der Waals surface area contributed by atoms with Gasteiger partial charge in [-0.1, -0.05) is 13.0 Å². The minimum absolute atomic E-state index is 0.294. The molecule has 0 spiro atoms. The third kappa shape index (κ3) is 4.21. The van der Waals surface area contributed by atoms with Crippen molar-refractivity contribution in [2.75, 3.05) is 6.61 Å². The molecule has 1 atom stereocenters. The second-order valence-electron chi connectivity index (χ2n) is 5.38. The molecule has 2 rings (SSSR count). The number of nitrogens with zero attached hydrogens (tertiary/aromatic N) is 1. The molecule has 1 aromatic rings. The molecule has 0 aliphatic heterocycles. The van der Waals surface area contributed by atoms with E-state index in [1.54, 1.807) is 12.1 Å². The number of nitriles is 1. The van der Waals surface area contributed by atoms with Crippen LogP contribution in [-0.4, -0.2) is 18.2 Å². The zero-order chi connectivity index (χ0) is 14.4. The highest BCUT2D eigenvalue weighted by molar-refractivity contribution is 5.22. The van der Waals surface area contributed by atoms with Crippen LogP contribution in [0.5, 0.6) is 5.75 Å². The van der Waals surface area contributed by atoms with E-state index in [1.165, 1.54) is 25.0 Å². The third-order valence-electron chi connectivity index (χ3n) is 3.69. The lowest BCUT2D eigenvalue weighted by Crippen LogP contribution is -2.44. The van der Waals surface area contributed by atoms with Crippen molar-refractivity contribution in [3.05, 3.63) is 30.1 Å². The Labute approximate surface area is 119 Å². The van der Waals surface area contributed by atoms with Gasteiger partial charge in [-0.05, 0) is 44.2 Å². The summed E-state index contributed by atoms with van der Waals surface area (Å²) < 4.78 is 18.5.